The van der Waals surface area contributed by atoms with Crippen molar-refractivity contribution >= 4 is 21.9 Å². The molecule has 1 N–H and O–H groups in total. The molecule has 0 aliphatic rings. The fourth-order valence-corrected chi connectivity index (χ4v) is 1.88. The van der Waals surface area contributed by atoms with Gasteiger partial charge in [0.05, 0.1) is 13.3 Å². The minimum Gasteiger partial charge on any atom is -0.492 e. The van der Waals surface area contributed by atoms with Gasteiger partial charge < -0.3 is 9.84 Å². The van der Waals surface area contributed by atoms with E-state index in [1.807, 2.05) is 0 Å². The number of alkyl halides is 1. The minimum atomic E-state index is -1.06. The van der Waals surface area contributed by atoms with Gasteiger partial charge in [0.25, 0.3) is 0 Å². The van der Waals surface area contributed by atoms with Gasteiger partial charge in [-0.1, -0.05) is 15.9 Å². The van der Waals surface area contributed by atoms with Crippen molar-refractivity contribution in [3.8, 4) is 5.75 Å². The van der Waals surface area contributed by atoms with Crippen LogP contribution in [0.4, 0.5) is 4.39 Å². The maximum atomic E-state index is 11.9. The Morgan fingerprint density at radius 2 is 2.25 bits per heavy atom. The fourth-order valence-electron chi connectivity index (χ4n) is 1.31. The number of carbonyl (C=O) groups is 1. The zero-order valence-electron chi connectivity index (χ0n) is 8.80. The van der Waals surface area contributed by atoms with Gasteiger partial charge in [-0.25, -0.2) is 4.79 Å². The van der Waals surface area contributed by atoms with Crippen molar-refractivity contribution < 1.29 is 19.0 Å². The number of rotatable bonds is 5. The van der Waals surface area contributed by atoms with Crippen molar-refractivity contribution in [1.29, 1.82) is 0 Å². The molecule has 0 aromatic heterocycles. The Morgan fingerprint density at radius 1 is 1.56 bits per heavy atom. The van der Waals surface area contributed by atoms with Gasteiger partial charge in [0.15, 0.2) is 0 Å². The van der Waals surface area contributed by atoms with Crippen molar-refractivity contribution in [2.45, 2.75) is 13.3 Å². The molecule has 16 heavy (non-hydrogen) atoms. The quantitative estimate of drug-likeness (QED) is 0.847. The third kappa shape index (κ3) is 3.20. The zero-order chi connectivity index (χ0) is 12.1. The number of benzene rings is 1. The number of carboxylic acids is 1. The average molecular weight is 291 g/mol. The smallest absolute Gasteiger partial charge is 0.339 e. The number of ether oxygens (including phenoxy) is 1. The molecule has 0 aliphatic carbocycles. The van der Waals surface area contributed by atoms with Crippen LogP contribution in [0.5, 0.6) is 5.75 Å². The molecule has 0 unspecified atom stereocenters. The molecule has 88 valence electrons. The van der Waals surface area contributed by atoms with Crippen LogP contribution in [0.15, 0.2) is 16.6 Å². The largest absolute Gasteiger partial charge is 0.492 e. The number of hydrogen-bond acceptors (Lipinski definition) is 2. The van der Waals surface area contributed by atoms with Crippen molar-refractivity contribution in [2.75, 3.05) is 13.3 Å². The second-order valence-corrected chi connectivity index (χ2v) is 4.21. The number of aromatic carboxylic acids is 1. The van der Waals surface area contributed by atoms with E-state index in [2.05, 4.69) is 15.9 Å². The molecule has 1 aromatic carbocycles. The molecule has 0 saturated heterocycles. The van der Waals surface area contributed by atoms with Gasteiger partial charge in [0.1, 0.15) is 11.3 Å². The Hall–Kier alpha value is -1.10. The first-order chi connectivity index (χ1) is 7.56. The van der Waals surface area contributed by atoms with Crippen LogP contribution in [0, 0.1) is 6.92 Å². The van der Waals surface area contributed by atoms with Crippen LogP contribution in [0.2, 0.25) is 0 Å². The lowest BCUT2D eigenvalue weighted by atomic mass is 10.1. The number of halogens is 2. The zero-order valence-corrected chi connectivity index (χ0v) is 10.4. The summed E-state index contributed by atoms with van der Waals surface area (Å²) in [5, 5.41) is 9.00. The molecule has 0 spiro atoms. The Labute approximate surface area is 101 Å². The van der Waals surface area contributed by atoms with Gasteiger partial charge >= 0.3 is 5.97 Å². The summed E-state index contributed by atoms with van der Waals surface area (Å²) in [5.74, 6) is -0.746. The molecular weight excluding hydrogens is 279 g/mol. The highest BCUT2D eigenvalue weighted by Gasteiger charge is 2.14. The molecule has 3 nitrogen and oxygen atoms in total. The molecule has 0 amide bonds. The molecule has 0 bridgehead atoms. The summed E-state index contributed by atoms with van der Waals surface area (Å²) in [6.07, 6.45) is 0.258. The van der Waals surface area contributed by atoms with Gasteiger partial charge in [0.2, 0.25) is 0 Å². The van der Waals surface area contributed by atoms with Crippen LogP contribution in [-0.4, -0.2) is 24.4 Å². The summed E-state index contributed by atoms with van der Waals surface area (Å²) >= 11 is 3.22. The van der Waals surface area contributed by atoms with E-state index >= 15 is 0 Å². The Balaban J connectivity index is 2.99. The SMILES string of the molecule is Cc1cc(Br)cc(C(=O)O)c1OCCCF. The summed E-state index contributed by atoms with van der Waals surface area (Å²) < 4.78 is 17.9. The van der Waals surface area contributed by atoms with E-state index in [0.717, 1.165) is 0 Å². The van der Waals surface area contributed by atoms with Crippen LogP contribution in [0.3, 0.4) is 0 Å². The van der Waals surface area contributed by atoms with E-state index in [9.17, 15) is 9.18 Å². The third-order valence-electron chi connectivity index (χ3n) is 1.99. The Morgan fingerprint density at radius 3 is 2.81 bits per heavy atom. The average Bonchev–Trinajstić information content (AvgIpc) is 2.20. The lowest BCUT2D eigenvalue weighted by molar-refractivity contribution is 0.0692. The molecule has 1 rings (SSSR count). The summed E-state index contributed by atoms with van der Waals surface area (Å²) in [6, 6.07) is 3.23. The van der Waals surface area contributed by atoms with Crippen LogP contribution < -0.4 is 4.74 Å². The first-order valence-electron chi connectivity index (χ1n) is 4.78. The van der Waals surface area contributed by atoms with Crippen molar-refractivity contribution in [3.63, 3.8) is 0 Å². The second-order valence-electron chi connectivity index (χ2n) is 3.30. The summed E-state index contributed by atoms with van der Waals surface area (Å²) in [4.78, 5) is 11.0. The van der Waals surface area contributed by atoms with E-state index in [4.69, 9.17) is 9.84 Å². The highest BCUT2D eigenvalue weighted by Crippen LogP contribution is 2.28. The molecule has 0 atom stereocenters. The first-order valence-corrected chi connectivity index (χ1v) is 5.57. The molecule has 5 heteroatoms. The highest BCUT2D eigenvalue weighted by atomic mass is 79.9. The van der Waals surface area contributed by atoms with E-state index in [1.165, 1.54) is 6.07 Å². The first kappa shape index (κ1) is 13.0. The predicted octanol–water partition coefficient (Wildman–Crippen LogP) is 3.19. The summed E-state index contributed by atoms with van der Waals surface area (Å²) in [6.45, 7) is 1.46. The standard InChI is InChI=1S/C11H12BrFO3/c1-7-5-8(12)6-9(11(14)15)10(7)16-4-2-3-13/h5-6H,2-4H2,1H3,(H,14,15). The van der Waals surface area contributed by atoms with Crippen molar-refractivity contribution in [3.05, 3.63) is 27.7 Å². The molecule has 0 aliphatic heterocycles. The van der Waals surface area contributed by atoms with Gasteiger partial charge in [-0.2, -0.15) is 0 Å². The fraction of sp³-hybridized carbons (Fsp3) is 0.364. The van der Waals surface area contributed by atoms with Gasteiger partial charge in [-0.15, -0.1) is 0 Å². The number of hydrogen-bond donors (Lipinski definition) is 1. The van der Waals surface area contributed by atoms with Crippen LogP contribution in [0.1, 0.15) is 22.3 Å². The number of aryl methyl sites for hydroxylation is 1. The molecular formula is C11H12BrFO3. The monoisotopic (exact) mass is 290 g/mol. The molecule has 0 saturated carbocycles. The van der Waals surface area contributed by atoms with Crippen molar-refractivity contribution in [2.24, 2.45) is 0 Å². The van der Waals surface area contributed by atoms with E-state index in [0.29, 0.717) is 15.8 Å². The predicted molar refractivity (Wildman–Crippen MR) is 61.9 cm³/mol. The third-order valence-corrected chi connectivity index (χ3v) is 2.45. The van der Waals surface area contributed by atoms with Gasteiger partial charge in [-0.05, 0) is 24.6 Å². The second kappa shape index (κ2) is 5.84. The van der Waals surface area contributed by atoms with Crippen LogP contribution in [0.25, 0.3) is 0 Å². The van der Waals surface area contributed by atoms with Crippen LogP contribution in [-0.2, 0) is 0 Å². The minimum absolute atomic E-state index is 0.0886. The maximum Gasteiger partial charge on any atom is 0.339 e. The van der Waals surface area contributed by atoms with Crippen LogP contribution >= 0.6 is 15.9 Å². The normalized spacial score (nSPS) is 10.2. The number of carboxylic acid groups (broad SMARTS) is 1. The summed E-state index contributed by atoms with van der Waals surface area (Å²) in [5.41, 5.74) is 0.802. The molecule has 0 heterocycles. The lowest BCUT2D eigenvalue weighted by Crippen LogP contribution is -2.06. The summed E-state index contributed by atoms with van der Waals surface area (Å²) in [7, 11) is 0. The maximum absolute atomic E-state index is 11.9. The topological polar surface area (TPSA) is 46.5 Å². The Bertz CT molecular complexity index is 393. The Kier molecular flexibility index (Phi) is 4.73. The highest BCUT2D eigenvalue weighted by molar-refractivity contribution is 9.10. The van der Waals surface area contributed by atoms with E-state index in [1.54, 1.807) is 13.0 Å². The van der Waals surface area contributed by atoms with Gasteiger partial charge in [0, 0.05) is 10.9 Å². The molecule has 0 radical (unpaired) electrons. The van der Waals surface area contributed by atoms with Gasteiger partial charge in [-0.3, -0.25) is 4.39 Å². The van der Waals surface area contributed by atoms with E-state index < -0.39 is 12.6 Å². The molecule has 1 aromatic rings. The molecule has 0 fully saturated rings. The lowest BCUT2D eigenvalue weighted by Gasteiger charge is -2.11. The van der Waals surface area contributed by atoms with E-state index in [-0.39, 0.29) is 18.6 Å². The van der Waals surface area contributed by atoms with Crippen molar-refractivity contribution in [1.82, 2.24) is 0 Å².